The predicted molar refractivity (Wildman–Crippen MR) is 70.3 cm³/mol. The third kappa shape index (κ3) is 2.97. The number of rotatable bonds is 2. The molecule has 1 heterocycles. The molecule has 88 valence electrons. The fourth-order valence-electron chi connectivity index (χ4n) is 1.56. The second-order valence-corrected chi connectivity index (χ2v) is 4.80. The molecule has 0 spiro atoms. The van der Waals surface area contributed by atoms with Crippen LogP contribution in [-0.4, -0.2) is 5.91 Å². The third-order valence-electron chi connectivity index (χ3n) is 2.26. The summed E-state index contributed by atoms with van der Waals surface area (Å²) in [6, 6.07) is 9.16. The zero-order valence-electron chi connectivity index (χ0n) is 9.58. The number of benzene rings is 1. The summed E-state index contributed by atoms with van der Waals surface area (Å²) in [6.07, 6.45) is 0. The Kier molecular flexibility index (Phi) is 3.33. The molecule has 0 saturated carbocycles. The van der Waals surface area contributed by atoms with Gasteiger partial charge in [0.05, 0.1) is 0 Å². The number of amides is 1. The van der Waals surface area contributed by atoms with Gasteiger partial charge in [0, 0.05) is 10.2 Å². The van der Waals surface area contributed by atoms with E-state index in [1.807, 2.05) is 25.1 Å². The second kappa shape index (κ2) is 4.75. The molecule has 0 saturated heterocycles. The van der Waals surface area contributed by atoms with Crippen LogP contribution < -0.4 is 5.32 Å². The van der Waals surface area contributed by atoms with E-state index in [9.17, 15) is 4.79 Å². The van der Waals surface area contributed by atoms with Crippen LogP contribution in [0.1, 0.15) is 21.9 Å². The van der Waals surface area contributed by atoms with Gasteiger partial charge in [-0.25, -0.2) is 0 Å². The summed E-state index contributed by atoms with van der Waals surface area (Å²) in [7, 11) is 0. The lowest BCUT2D eigenvalue weighted by atomic mass is 10.2. The van der Waals surface area contributed by atoms with Crippen LogP contribution in [-0.2, 0) is 0 Å². The minimum absolute atomic E-state index is 0.240. The van der Waals surface area contributed by atoms with Gasteiger partial charge < -0.3 is 9.73 Å². The van der Waals surface area contributed by atoms with Gasteiger partial charge in [-0.2, -0.15) is 0 Å². The van der Waals surface area contributed by atoms with Gasteiger partial charge in [0.2, 0.25) is 0 Å². The molecule has 0 fully saturated rings. The maximum absolute atomic E-state index is 11.8. The van der Waals surface area contributed by atoms with Crippen molar-refractivity contribution in [3.8, 4) is 0 Å². The molecule has 0 radical (unpaired) electrons. The van der Waals surface area contributed by atoms with Crippen molar-refractivity contribution < 1.29 is 9.21 Å². The lowest BCUT2D eigenvalue weighted by Gasteiger charge is -2.05. The molecule has 0 aliphatic rings. The highest BCUT2D eigenvalue weighted by molar-refractivity contribution is 9.10. The summed E-state index contributed by atoms with van der Waals surface area (Å²) in [5.74, 6) is 0.802. The van der Waals surface area contributed by atoms with E-state index < -0.39 is 0 Å². The van der Waals surface area contributed by atoms with Gasteiger partial charge in [0.15, 0.2) is 5.76 Å². The average molecular weight is 294 g/mol. The molecule has 0 atom stereocenters. The predicted octanol–water partition coefficient (Wildman–Crippen LogP) is 3.91. The first-order valence-electron chi connectivity index (χ1n) is 5.19. The molecule has 0 bridgehead atoms. The minimum Gasteiger partial charge on any atom is -0.456 e. The number of halogens is 1. The van der Waals surface area contributed by atoms with Gasteiger partial charge in [-0.3, -0.25) is 4.79 Å². The van der Waals surface area contributed by atoms with Crippen molar-refractivity contribution in [3.05, 3.63) is 51.9 Å². The van der Waals surface area contributed by atoms with Crippen LogP contribution in [0.4, 0.5) is 5.69 Å². The summed E-state index contributed by atoms with van der Waals surface area (Å²) in [6.45, 7) is 3.78. The van der Waals surface area contributed by atoms with Crippen LogP contribution in [0.3, 0.4) is 0 Å². The summed E-state index contributed by atoms with van der Waals surface area (Å²) < 4.78 is 6.19. The number of anilines is 1. The van der Waals surface area contributed by atoms with Crippen molar-refractivity contribution in [3.63, 3.8) is 0 Å². The molecule has 2 aromatic rings. The Labute approximate surface area is 108 Å². The first-order valence-corrected chi connectivity index (χ1v) is 5.99. The zero-order valence-corrected chi connectivity index (χ0v) is 11.2. The fourth-order valence-corrected chi connectivity index (χ4v) is 2.17. The molecule has 4 heteroatoms. The lowest BCUT2D eigenvalue weighted by molar-refractivity contribution is 0.0995. The Balaban J connectivity index is 2.18. The van der Waals surface area contributed by atoms with Gasteiger partial charge in [-0.1, -0.05) is 15.9 Å². The first-order chi connectivity index (χ1) is 8.04. The molecular weight excluding hydrogens is 282 g/mol. The van der Waals surface area contributed by atoms with E-state index in [1.54, 1.807) is 19.1 Å². The molecular formula is C13H12BrNO2. The number of hydrogen-bond donors (Lipinski definition) is 1. The van der Waals surface area contributed by atoms with Gasteiger partial charge in [-0.15, -0.1) is 0 Å². The van der Waals surface area contributed by atoms with E-state index in [0.29, 0.717) is 5.76 Å². The average Bonchev–Trinajstić information content (AvgIpc) is 2.63. The highest BCUT2D eigenvalue weighted by Gasteiger charge is 2.10. The van der Waals surface area contributed by atoms with Crippen LogP contribution in [0.25, 0.3) is 0 Å². The number of hydrogen-bond acceptors (Lipinski definition) is 2. The normalized spacial score (nSPS) is 10.3. The number of aryl methyl sites for hydroxylation is 2. The van der Waals surface area contributed by atoms with E-state index >= 15 is 0 Å². The van der Waals surface area contributed by atoms with Crippen molar-refractivity contribution in [2.24, 2.45) is 0 Å². The van der Waals surface area contributed by atoms with Crippen molar-refractivity contribution in [2.75, 3.05) is 5.32 Å². The van der Waals surface area contributed by atoms with Gasteiger partial charge in [0.25, 0.3) is 5.91 Å². The van der Waals surface area contributed by atoms with Crippen LogP contribution in [0.2, 0.25) is 0 Å². The molecule has 3 nitrogen and oxygen atoms in total. The standard InChI is InChI=1S/C13H12BrNO2/c1-8-5-10(14)7-11(6-8)15-13(16)12-4-3-9(2)17-12/h3-7H,1-2H3,(H,15,16). The summed E-state index contributed by atoms with van der Waals surface area (Å²) in [5, 5.41) is 2.79. The van der Waals surface area contributed by atoms with Crippen molar-refractivity contribution in [1.29, 1.82) is 0 Å². The van der Waals surface area contributed by atoms with Crippen LogP contribution in [0.5, 0.6) is 0 Å². The SMILES string of the molecule is Cc1cc(Br)cc(NC(=O)c2ccc(C)o2)c1. The van der Waals surface area contributed by atoms with Crippen molar-refractivity contribution >= 4 is 27.5 Å². The summed E-state index contributed by atoms with van der Waals surface area (Å²) >= 11 is 3.39. The first kappa shape index (κ1) is 11.9. The maximum atomic E-state index is 11.8. The largest absolute Gasteiger partial charge is 0.456 e. The fraction of sp³-hybridized carbons (Fsp3) is 0.154. The Hall–Kier alpha value is -1.55. The van der Waals surface area contributed by atoms with E-state index in [0.717, 1.165) is 21.5 Å². The van der Waals surface area contributed by atoms with Gasteiger partial charge in [-0.05, 0) is 49.7 Å². The van der Waals surface area contributed by atoms with Gasteiger partial charge >= 0.3 is 0 Å². The highest BCUT2D eigenvalue weighted by Crippen LogP contribution is 2.20. The Bertz CT molecular complexity index is 540. The van der Waals surface area contributed by atoms with E-state index in [-0.39, 0.29) is 5.91 Å². The van der Waals surface area contributed by atoms with Crippen molar-refractivity contribution in [1.82, 2.24) is 0 Å². The minimum atomic E-state index is -0.240. The molecule has 1 aromatic heterocycles. The molecule has 1 N–H and O–H groups in total. The highest BCUT2D eigenvalue weighted by atomic mass is 79.9. The molecule has 2 rings (SSSR count). The zero-order chi connectivity index (χ0) is 12.4. The van der Waals surface area contributed by atoms with E-state index in [4.69, 9.17) is 4.42 Å². The molecule has 0 unspecified atom stereocenters. The molecule has 0 aliphatic heterocycles. The number of nitrogens with one attached hydrogen (secondary N) is 1. The monoisotopic (exact) mass is 293 g/mol. The van der Waals surface area contributed by atoms with Gasteiger partial charge in [0.1, 0.15) is 5.76 Å². The number of carbonyl (C=O) groups excluding carboxylic acids is 1. The Morgan fingerprint density at radius 2 is 2.00 bits per heavy atom. The van der Waals surface area contributed by atoms with Crippen molar-refractivity contribution in [2.45, 2.75) is 13.8 Å². The summed E-state index contributed by atoms with van der Waals surface area (Å²) in [4.78, 5) is 11.8. The Morgan fingerprint density at radius 3 is 2.59 bits per heavy atom. The molecule has 17 heavy (non-hydrogen) atoms. The van der Waals surface area contributed by atoms with E-state index in [1.165, 1.54) is 0 Å². The number of carbonyl (C=O) groups is 1. The Morgan fingerprint density at radius 1 is 1.24 bits per heavy atom. The molecule has 0 aliphatic carbocycles. The smallest absolute Gasteiger partial charge is 0.291 e. The second-order valence-electron chi connectivity index (χ2n) is 3.88. The summed E-state index contributed by atoms with van der Waals surface area (Å²) in [5.41, 5.74) is 1.82. The lowest BCUT2D eigenvalue weighted by Crippen LogP contribution is -2.10. The quantitative estimate of drug-likeness (QED) is 0.912. The third-order valence-corrected chi connectivity index (χ3v) is 2.72. The topological polar surface area (TPSA) is 42.2 Å². The van der Waals surface area contributed by atoms with Crippen LogP contribution in [0.15, 0.2) is 39.2 Å². The molecule has 1 amide bonds. The van der Waals surface area contributed by atoms with Crippen LogP contribution >= 0.6 is 15.9 Å². The van der Waals surface area contributed by atoms with Crippen LogP contribution in [0, 0.1) is 13.8 Å². The van der Waals surface area contributed by atoms with E-state index in [2.05, 4.69) is 21.2 Å². The maximum Gasteiger partial charge on any atom is 0.291 e. The molecule has 1 aromatic carbocycles. The number of furan rings is 1.